The third-order valence-electron chi connectivity index (χ3n) is 2.73. The highest BCUT2D eigenvalue weighted by Gasteiger charge is 2.12. The molecule has 0 spiro atoms. The molecule has 0 saturated carbocycles. The summed E-state index contributed by atoms with van der Waals surface area (Å²) in [4.78, 5) is 11.7. The molecule has 0 amide bonds. The summed E-state index contributed by atoms with van der Waals surface area (Å²) in [5, 5.41) is 0.438. The Morgan fingerprint density at radius 1 is 1.06 bits per heavy atom. The molecule has 0 aliphatic rings. The van der Waals surface area contributed by atoms with Crippen LogP contribution >= 0.6 is 11.5 Å². The van der Waals surface area contributed by atoms with Crippen molar-refractivity contribution in [2.45, 2.75) is 0 Å². The van der Waals surface area contributed by atoms with Gasteiger partial charge in [0.25, 0.3) is 5.56 Å². The lowest BCUT2D eigenvalue weighted by Gasteiger charge is -2.04. The summed E-state index contributed by atoms with van der Waals surface area (Å²) in [6.07, 6.45) is 0. The molecular weight excluding hydrogens is 256 g/mol. The first kappa shape index (κ1) is 11.1. The molecule has 0 bridgehead atoms. The van der Waals surface area contributed by atoms with Crippen LogP contribution in [0.4, 0.5) is 8.78 Å². The summed E-state index contributed by atoms with van der Waals surface area (Å²) in [5.41, 5.74) is 0.452. The number of halogens is 2. The quantitative estimate of drug-likeness (QED) is 0.715. The summed E-state index contributed by atoms with van der Waals surface area (Å²) in [5.74, 6) is -1.31. The highest BCUT2D eigenvalue weighted by Crippen LogP contribution is 2.30. The number of rotatable bonds is 1. The van der Waals surface area contributed by atoms with E-state index >= 15 is 0 Å². The van der Waals surface area contributed by atoms with Crippen molar-refractivity contribution in [3.63, 3.8) is 0 Å². The van der Waals surface area contributed by atoms with Crippen LogP contribution in [0.25, 0.3) is 21.2 Å². The van der Waals surface area contributed by atoms with Crippen LogP contribution in [-0.4, -0.2) is 4.37 Å². The van der Waals surface area contributed by atoms with Crippen molar-refractivity contribution < 1.29 is 8.78 Å². The first-order valence-electron chi connectivity index (χ1n) is 5.22. The minimum Gasteiger partial charge on any atom is -0.277 e. The van der Waals surface area contributed by atoms with E-state index in [1.807, 2.05) is 0 Å². The molecule has 0 saturated heterocycles. The van der Waals surface area contributed by atoms with Crippen molar-refractivity contribution in [2.75, 3.05) is 0 Å². The second kappa shape index (κ2) is 4.03. The van der Waals surface area contributed by atoms with E-state index < -0.39 is 11.6 Å². The van der Waals surface area contributed by atoms with E-state index in [4.69, 9.17) is 0 Å². The molecule has 0 aliphatic heterocycles. The van der Waals surface area contributed by atoms with Gasteiger partial charge in [-0.15, -0.1) is 0 Å². The lowest BCUT2D eigenvalue weighted by atomic mass is 10.0. The van der Waals surface area contributed by atoms with Crippen molar-refractivity contribution in [1.82, 2.24) is 4.37 Å². The van der Waals surface area contributed by atoms with Crippen LogP contribution in [0.15, 0.2) is 41.2 Å². The lowest BCUT2D eigenvalue weighted by Crippen LogP contribution is -1.99. The van der Waals surface area contributed by atoms with Gasteiger partial charge in [0.05, 0.1) is 10.1 Å². The van der Waals surface area contributed by atoms with Gasteiger partial charge in [0.15, 0.2) is 0 Å². The van der Waals surface area contributed by atoms with Crippen LogP contribution in [0.3, 0.4) is 0 Å². The van der Waals surface area contributed by atoms with Crippen LogP contribution in [0.2, 0.25) is 0 Å². The van der Waals surface area contributed by atoms with Gasteiger partial charge in [0.1, 0.15) is 11.6 Å². The highest BCUT2D eigenvalue weighted by atomic mass is 32.1. The SMILES string of the molecule is O=c1[nH]sc2cccc(-c3ccc(F)cc3F)c12. The standard InChI is InChI=1S/C13H7F2NOS/c14-7-4-5-8(10(15)6-7)9-2-1-3-11-12(9)13(17)16-18-11/h1-6H,(H,16,17). The smallest absolute Gasteiger partial charge is 0.266 e. The number of aromatic nitrogens is 1. The topological polar surface area (TPSA) is 32.9 Å². The second-order valence-electron chi connectivity index (χ2n) is 3.84. The summed E-state index contributed by atoms with van der Waals surface area (Å²) < 4.78 is 30.0. The summed E-state index contributed by atoms with van der Waals surface area (Å²) in [7, 11) is 0. The van der Waals surface area contributed by atoms with Gasteiger partial charge in [0.2, 0.25) is 0 Å². The summed E-state index contributed by atoms with van der Waals surface area (Å²) in [6.45, 7) is 0. The molecule has 90 valence electrons. The van der Waals surface area contributed by atoms with Crippen LogP contribution in [0.1, 0.15) is 0 Å². The summed E-state index contributed by atoms with van der Waals surface area (Å²) in [6, 6.07) is 8.51. The van der Waals surface area contributed by atoms with E-state index in [1.165, 1.54) is 23.7 Å². The zero-order valence-corrected chi connectivity index (χ0v) is 9.85. The van der Waals surface area contributed by atoms with Gasteiger partial charge in [-0.05, 0) is 23.8 Å². The number of aromatic amines is 1. The Kier molecular flexibility index (Phi) is 2.48. The molecule has 0 unspecified atom stereocenters. The molecular formula is C13H7F2NOS. The minimum absolute atomic E-state index is 0.228. The van der Waals surface area contributed by atoms with Gasteiger partial charge in [0, 0.05) is 11.6 Å². The molecule has 0 radical (unpaired) electrons. The largest absolute Gasteiger partial charge is 0.277 e. The zero-order chi connectivity index (χ0) is 12.7. The monoisotopic (exact) mass is 263 g/mol. The van der Waals surface area contributed by atoms with Gasteiger partial charge in [-0.3, -0.25) is 9.17 Å². The fourth-order valence-electron chi connectivity index (χ4n) is 1.94. The number of benzene rings is 2. The predicted molar refractivity (Wildman–Crippen MR) is 67.8 cm³/mol. The van der Waals surface area contributed by atoms with E-state index in [9.17, 15) is 13.6 Å². The fraction of sp³-hybridized carbons (Fsp3) is 0. The number of nitrogens with one attached hydrogen (secondary N) is 1. The average molecular weight is 263 g/mol. The van der Waals surface area contributed by atoms with Crippen molar-refractivity contribution in [1.29, 1.82) is 0 Å². The van der Waals surface area contributed by atoms with E-state index in [2.05, 4.69) is 4.37 Å². The van der Waals surface area contributed by atoms with Crippen LogP contribution in [-0.2, 0) is 0 Å². The van der Waals surface area contributed by atoms with Gasteiger partial charge >= 0.3 is 0 Å². The maximum absolute atomic E-state index is 13.8. The Labute approximate surface area is 105 Å². The molecule has 0 fully saturated rings. The summed E-state index contributed by atoms with van der Waals surface area (Å²) >= 11 is 1.20. The zero-order valence-electron chi connectivity index (χ0n) is 9.04. The molecule has 1 aromatic heterocycles. The molecule has 2 nitrogen and oxygen atoms in total. The number of hydrogen-bond donors (Lipinski definition) is 1. The molecule has 3 aromatic rings. The molecule has 0 atom stereocenters. The van der Waals surface area contributed by atoms with Crippen LogP contribution in [0, 0.1) is 11.6 Å². The fourth-order valence-corrected chi connectivity index (χ4v) is 2.69. The highest BCUT2D eigenvalue weighted by molar-refractivity contribution is 7.13. The van der Waals surface area contributed by atoms with Gasteiger partial charge in [-0.2, -0.15) is 0 Å². The Morgan fingerprint density at radius 2 is 1.89 bits per heavy atom. The van der Waals surface area contributed by atoms with E-state index in [1.54, 1.807) is 18.2 Å². The molecule has 3 rings (SSSR count). The molecule has 1 N–H and O–H groups in total. The van der Waals surface area contributed by atoms with Crippen LogP contribution in [0.5, 0.6) is 0 Å². The van der Waals surface area contributed by atoms with E-state index in [0.29, 0.717) is 10.9 Å². The molecule has 5 heteroatoms. The predicted octanol–water partition coefficient (Wildman–Crippen LogP) is 3.53. The van der Waals surface area contributed by atoms with E-state index in [-0.39, 0.29) is 11.1 Å². The minimum atomic E-state index is -0.673. The van der Waals surface area contributed by atoms with Crippen molar-refractivity contribution in [2.24, 2.45) is 0 Å². The Hall–Kier alpha value is -2.01. The third-order valence-corrected chi connectivity index (χ3v) is 3.58. The van der Waals surface area contributed by atoms with Gasteiger partial charge < -0.3 is 0 Å². The molecule has 0 aliphatic carbocycles. The molecule has 18 heavy (non-hydrogen) atoms. The maximum Gasteiger partial charge on any atom is 0.266 e. The Balaban J connectivity index is 2.38. The van der Waals surface area contributed by atoms with Gasteiger partial charge in [-0.25, -0.2) is 8.78 Å². The first-order chi connectivity index (χ1) is 8.66. The number of H-pyrrole nitrogens is 1. The van der Waals surface area contributed by atoms with E-state index in [0.717, 1.165) is 10.8 Å². The maximum atomic E-state index is 13.8. The normalized spacial score (nSPS) is 11.0. The van der Waals surface area contributed by atoms with Crippen LogP contribution < -0.4 is 5.56 Å². The lowest BCUT2D eigenvalue weighted by molar-refractivity contribution is 0.585. The first-order valence-corrected chi connectivity index (χ1v) is 6.04. The molecule has 1 heterocycles. The number of hydrogen-bond acceptors (Lipinski definition) is 2. The number of fused-ring (bicyclic) bond motifs is 1. The Morgan fingerprint density at radius 3 is 2.67 bits per heavy atom. The van der Waals surface area contributed by atoms with Crippen molar-refractivity contribution >= 4 is 21.6 Å². The second-order valence-corrected chi connectivity index (χ2v) is 4.68. The van der Waals surface area contributed by atoms with Gasteiger partial charge in [-0.1, -0.05) is 23.7 Å². The van der Waals surface area contributed by atoms with Crippen molar-refractivity contribution in [3.8, 4) is 11.1 Å². The average Bonchev–Trinajstić information content (AvgIpc) is 2.72. The Bertz CT molecular complexity index is 791. The van der Waals surface area contributed by atoms with Crippen molar-refractivity contribution in [3.05, 3.63) is 58.4 Å². The molecule has 2 aromatic carbocycles. The third kappa shape index (κ3) is 1.64.